The van der Waals surface area contributed by atoms with Crippen LogP contribution in [0.5, 0.6) is 5.75 Å². The number of hydrogen-bond acceptors (Lipinski definition) is 6. The van der Waals surface area contributed by atoms with E-state index in [1.54, 1.807) is 11.3 Å². The van der Waals surface area contributed by atoms with Gasteiger partial charge in [0.05, 0.1) is 12.3 Å². The lowest BCUT2D eigenvalue weighted by atomic mass is 9.92. The highest BCUT2D eigenvalue weighted by atomic mass is 32.1. The fourth-order valence-corrected chi connectivity index (χ4v) is 5.07. The Morgan fingerprint density at radius 3 is 2.10 bits per heavy atom. The normalized spacial score (nSPS) is 10.6. The molecule has 4 aromatic rings. The average Bonchev–Trinajstić information content (AvgIpc) is 3.48. The Morgan fingerprint density at radius 2 is 1.52 bits per heavy atom. The van der Waals surface area contributed by atoms with E-state index in [2.05, 4.69) is 56.9 Å². The molecule has 0 bridgehead atoms. The zero-order valence-electron chi connectivity index (χ0n) is 24.6. The third-order valence-electron chi connectivity index (χ3n) is 6.56. The Labute approximate surface area is 244 Å². The molecule has 6 heteroatoms. The molecule has 216 valence electrons. The van der Waals surface area contributed by atoms with Crippen molar-refractivity contribution in [2.45, 2.75) is 72.6 Å². The van der Waals surface area contributed by atoms with E-state index in [1.165, 1.54) is 30.4 Å². The monoisotopic (exact) mass is 562 g/mol. The summed E-state index contributed by atoms with van der Waals surface area (Å²) in [6, 6.07) is 24.8. The Morgan fingerprint density at radius 1 is 0.875 bits per heavy atom. The van der Waals surface area contributed by atoms with Crippen LogP contribution >= 0.6 is 11.3 Å². The summed E-state index contributed by atoms with van der Waals surface area (Å²) in [6.07, 6.45) is 3.70. The topological polar surface area (TPSA) is 88.6 Å². The summed E-state index contributed by atoms with van der Waals surface area (Å²) in [5, 5.41) is 19.1. The lowest BCUT2D eigenvalue weighted by molar-refractivity contribution is 0.278. The number of benzene rings is 3. The number of hydrogen-bond donors (Lipinski definition) is 3. The van der Waals surface area contributed by atoms with Gasteiger partial charge in [0.1, 0.15) is 17.4 Å². The van der Waals surface area contributed by atoms with E-state index in [9.17, 15) is 0 Å². The van der Waals surface area contributed by atoms with E-state index < -0.39 is 0 Å². The number of thiazole rings is 1. The van der Waals surface area contributed by atoms with Crippen molar-refractivity contribution >= 4 is 11.3 Å². The van der Waals surface area contributed by atoms with Crippen molar-refractivity contribution in [3.63, 3.8) is 0 Å². The molecule has 0 fully saturated rings. The predicted octanol–water partition coefficient (Wildman–Crippen LogP) is 7.74. The second-order valence-electron chi connectivity index (χ2n) is 9.97. The highest BCUT2D eigenvalue weighted by Gasteiger charge is 2.07. The first-order valence-corrected chi connectivity index (χ1v) is 14.9. The third kappa shape index (κ3) is 10.9. The van der Waals surface area contributed by atoms with Gasteiger partial charge in [0, 0.05) is 24.6 Å². The fourth-order valence-electron chi connectivity index (χ4n) is 4.36. The standard InChI is InChI=1S/C18H18N2O2S.C15H24.CH4O/c19-9-13-4-6-15(7-5-13)17-12-23-18(20-17)11-22-16-3-1-2-14(8-16)10-21;1-5-14(6-2)15-9-7-13(8-10-15)11-12(3)4;1-2/h1-8,12,21H,9-11,19H2;7-10,12,14H,5-6,11H2,1-4H3;2H,1H3. The van der Waals surface area contributed by atoms with Crippen molar-refractivity contribution in [3.05, 3.63) is 105 Å². The molecular weight excluding hydrogens is 516 g/mol. The van der Waals surface area contributed by atoms with Crippen molar-refractivity contribution in [2.24, 2.45) is 11.7 Å². The van der Waals surface area contributed by atoms with Gasteiger partial charge in [-0.05, 0) is 65.5 Å². The van der Waals surface area contributed by atoms with Gasteiger partial charge in [0.15, 0.2) is 0 Å². The molecular formula is C34H46N2O3S. The first-order chi connectivity index (χ1) is 19.4. The largest absolute Gasteiger partial charge is 0.486 e. The summed E-state index contributed by atoms with van der Waals surface area (Å²) in [7, 11) is 1.00. The van der Waals surface area contributed by atoms with Crippen LogP contribution in [0.2, 0.25) is 0 Å². The quantitative estimate of drug-likeness (QED) is 0.174. The molecule has 4 N–H and O–H groups in total. The van der Waals surface area contributed by atoms with Crippen molar-refractivity contribution < 1.29 is 14.9 Å². The first-order valence-electron chi connectivity index (χ1n) is 14.1. The molecule has 4 rings (SSSR count). The molecule has 0 saturated heterocycles. The summed E-state index contributed by atoms with van der Waals surface area (Å²) in [5.74, 6) is 2.24. The molecule has 0 aliphatic carbocycles. The molecule has 0 spiro atoms. The minimum Gasteiger partial charge on any atom is -0.486 e. The predicted molar refractivity (Wildman–Crippen MR) is 169 cm³/mol. The van der Waals surface area contributed by atoms with Crippen LogP contribution in [0.4, 0.5) is 0 Å². The molecule has 0 aliphatic heterocycles. The summed E-state index contributed by atoms with van der Waals surface area (Å²) < 4.78 is 5.74. The van der Waals surface area contributed by atoms with Crippen molar-refractivity contribution in [1.29, 1.82) is 0 Å². The molecule has 1 heterocycles. The third-order valence-corrected chi connectivity index (χ3v) is 7.38. The number of nitrogens with zero attached hydrogens (tertiary/aromatic N) is 1. The Hall–Kier alpha value is -3.03. The number of rotatable bonds is 11. The molecule has 0 amide bonds. The van der Waals surface area contributed by atoms with Crippen molar-refractivity contribution in [2.75, 3.05) is 7.11 Å². The Bertz CT molecular complexity index is 1220. The number of nitrogens with two attached hydrogens (primary N) is 1. The Balaban J connectivity index is 0.000000287. The molecule has 5 nitrogen and oxygen atoms in total. The average molecular weight is 563 g/mol. The van der Waals surface area contributed by atoms with Crippen LogP contribution < -0.4 is 10.5 Å². The molecule has 0 aliphatic rings. The van der Waals surface area contributed by atoms with E-state index >= 15 is 0 Å². The lowest BCUT2D eigenvalue weighted by Crippen LogP contribution is -1.97. The molecule has 0 atom stereocenters. The zero-order valence-corrected chi connectivity index (χ0v) is 25.5. The minimum atomic E-state index is 0.0113. The molecule has 40 heavy (non-hydrogen) atoms. The summed E-state index contributed by atoms with van der Waals surface area (Å²) in [4.78, 5) is 4.61. The highest BCUT2D eigenvalue weighted by Crippen LogP contribution is 2.25. The Kier molecular flexibility index (Phi) is 15.2. The maximum absolute atomic E-state index is 9.14. The maximum Gasteiger partial charge on any atom is 0.140 e. The summed E-state index contributed by atoms with van der Waals surface area (Å²) >= 11 is 1.57. The molecule has 1 aromatic heterocycles. The fraction of sp³-hybridized carbons (Fsp3) is 0.382. The van der Waals surface area contributed by atoms with Crippen LogP contribution in [0.15, 0.2) is 78.2 Å². The van der Waals surface area contributed by atoms with Crippen LogP contribution in [0, 0.1) is 5.92 Å². The number of aliphatic hydroxyl groups excluding tert-OH is 2. The van der Waals surface area contributed by atoms with Gasteiger partial charge < -0.3 is 20.7 Å². The van der Waals surface area contributed by atoms with Crippen LogP contribution in [0.3, 0.4) is 0 Å². The van der Waals surface area contributed by atoms with Gasteiger partial charge in [-0.3, -0.25) is 0 Å². The maximum atomic E-state index is 9.14. The van der Waals surface area contributed by atoms with Gasteiger partial charge in [-0.25, -0.2) is 4.98 Å². The summed E-state index contributed by atoms with van der Waals surface area (Å²) in [6.45, 7) is 10.1. The second kappa shape index (κ2) is 18.3. The highest BCUT2D eigenvalue weighted by molar-refractivity contribution is 7.09. The number of aliphatic hydroxyl groups is 2. The molecule has 0 radical (unpaired) electrons. The van der Waals surface area contributed by atoms with Crippen LogP contribution in [0.1, 0.15) is 73.7 Å². The summed E-state index contributed by atoms with van der Waals surface area (Å²) in [5.41, 5.74) is 12.6. The SMILES string of the molecule is CCC(CC)c1ccc(CC(C)C)cc1.CO.NCc1ccc(-c2csc(COc3cccc(CO)c3)n2)cc1. The van der Waals surface area contributed by atoms with E-state index in [0.29, 0.717) is 13.2 Å². The van der Waals surface area contributed by atoms with Crippen LogP contribution in [-0.2, 0) is 26.2 Å². The van der Waals surface area contributed by atoms with E-state index in [4.69, 9.17) is 20.7 Å². The zero-order chi connectivity index (χ0) is 29.3. The van der Waals surface area contributed by atoms with Gasteiger partial charge in [-0.1, -0.05) is 88.4 Å². The van der Waals surface area contributed by atoms with Crippen LogP contribution in [0.25, 0.3) is 11.3 Å². The minimum absolute atomic E-state index is 0.0113. The number of aromatic nitrogens is 1. The van der Waals surface area contributed by atoms with E-state index in [1.807, 2.05) is 53.9 Å². The van der Waals surface area contributed by atoms with Gasteiger partial charge in [0.2, 0.25) is 0 Å². The molecule has 0 unspecified atom stereocenters. The van der Waals surface area contributed by atoms with Crippen LogP contribution in [-0.4, -0.2) is 22.3 Å². The smallest absolute Gasteiger partial charge is 0.140 e. The van der Waals surface area contributed by atoms with E-state index in [-0.39, 0.29) is 6.61 Å². The van der Waals surface area contributed by atoms with E-state index in [0.717, 1.165) is 52.1 Å². The van der Waals surface area contributed by atoms with Crippen molar-refractivity contribution in [3.8, 4) is 17.0 Å². The van der Waals surface area contributed by atoms with Crippen molar-refractivity contribution in [1.82, 2.24) is 4.98 Å². The van der Waals surface area contributed by atoms with Gasteiger partial charge in [-0.2, -0.15) is 0 Å². The molecule has 0 saturated carbocycles. The van der Waals surface area contributed by atoms with Gasteiger partial charge in [0.25, 0.3) is 0 Å². The second-order valence-corrected chi connectivity index (χ2v) is 10.9. The van der Waals surface area contributed by atoms with Gasteiger partial charge in [-0.15, -0.1) is 11.3 Å². The first kappa shape index (κ1) is 33.2. The lowest BCUT2D eigenvalue weighted by Gasteiger charge is -2.13. The molecule has 3 aromatic carbocycles. The number of ether oxygens (including phenoxy) is 1. The van der Waals surface area contributed by atoms with Gasteiger partial charge >= 0.3 is 0 Å².